The van der Waals surface area contributed by atoms with Gasteiger partial charge in [-0.05, 0) is 50.7 Å². The smallest absolute Gasteiger partial charge is 0.138 e. The van der Waals surface area contributed by atoms with Crippen molar-refractivity contribution in [2.75, 3.05) is 0 Å². The lowest BCUT2D eigenvalue weighted by atomic mass is 10.3. The zero-order valence-electron chi connectivity index (χ0n) is 10.2. The molecule has 0 radical (unpaired) electrons. The molecule has 2 saturated carbocycles. The van der Waals surface area contributed by atoms with E-state index in [1.54, 1.807) is 0 Å². The summed E-state index contributed by atoms with van der Waals surface area (Å²) in [6, 6.07) is 4.86. The Morgan fingerprint density at radius 3 is 2.65 bits per heavy atom. The summed E-state index contributed by atoms with van der Waals surface area (Å²) in [5.41, 5.74) is 1.11. The van der Waals surface area contributed by atoms with E-state index in [2.05, 4.69) is 22.4 Å². The molecule has 0 aliphatic heterocycles. The summed E-state index contributed by atoms with van der Waals surface area (Å²) in [6.45, 7) is 0.883. The Hall–Kier alpha value is -1.09. The first-order valence-corrected chi connectivity index (χ1v) is 6.75. The van der Waals surface area contributed by atoms with Gasteiger partial charge in [-0.2, -0.15) is 0 Å². The highest BCUT2D eigenvalue weighted by Gasteiger charge is 2.20. The lowest BCUT2D eigenvalue weighted by Crippen LogP contribution is -2.16. The Morgan fingerprint density at radius 1 is 1.18 bits per heavy atom. The molecule has 0 bridgehead atoms. The van der Waals surface area contributed by atoms with E-state index in [1.807, 2.05) is 6.20 Å². The molecule has 0 spiro atoms. The third-order valence-corrected chi connectivity index (χ3v) is 3.55. The molecule has 3 rings (SSSR count). The molecule has 0 unspecified atom stereocenters. The Morgan fingerprint density at radius 2 is 2.00 bits per heavy atom. The third-order valence-electron chi connectivity index (χ3n) is 3.55. The number of hydrogen-bond acceptors (Lipinski definition) is 3. The monoisotopic (exact) mass is 232 g/mol. The van der Waals surface area contributed by atoms with Crippen molar-refractivity contribution in [3.05, 3.63) is 24.0 Å². The molecule has 0 amide bonds. The topological polar surface area (TPSA) is 34.2 Å². The molecule has 17 heavy (non-hydrogen) atoms. The van der Waals surface area contributed by atoms with Crippen LogP contribution in [0.3, 0.4) is 0 Å². The van der Waals surface area contributed by atoms with Gasteiger partial charge in [-0.25, -0.2) is 0 Å². The van der Waals surface area contributed by atoms with Gasteiger partial charge in [-0.15, -0.1) is 0 Å². The lowest BCUT2D eigenvalue weighted by molar-refractivity contribution is 0.209. The summed E-state index contributed by atoms with van der Waals surface area (Å²) in [7, 11) is 0. The first kappa shape index (κ1) is 11.0. The molecular weight excluding hydrogens is 212 g/mol. The van der Waals surface area contributed by atoms with Crippen molar-refractivity contribution in [2.24, 2.45) is 0 Å². The van der Waals surface area contributed by atoms with E-state index in [0.717, 1.165) is 24.0 Å². The molecule has 3 nitrogen and oxygen atoms in total. The SMILES string of the molecule is c1cc(CNC2CC2)ncc1OC1CCCC1. The molecule has 0 saturated heterocycles. The fourth-order valence-electron chi connectivity index (χ4n) is 2.32. The number of nitrogens with zero attached hydrogens (tertiary/aromatic N) is 1. The van der Waals surface area contributed by atoms with Crippen LogP contribution >= 0.6 is 0 Å². The average molecular weight is 232 g/mol. The summed E-state index contributed by atoms with van der Waals surface area (Å²) in [6.07, 6.45) is 9.94. The summed E-state index contributed by atoms with van der Waals surface area (Å²) in [5.74, 6) is 0.923. The zero-order chi connectivity index (χ0) is 11.5. The van der Waals surface area contributed by atoms with Crippen molar-refractivity contribution in [1.82, 2.24) is 10.3 Å². The Kier molecular flexibility index (Phi) is 3.27. The molecule has 1 aromatic heterocycles. The number of rotatable bonds is 5. The van der Waals surface area contributed by atoms with Crippen molar-refractivity contribution in [1.29, 1.82) is 0 Å². The minimum absolute atomic E-state index is 0.423. The maximum atomic E-state index is 5.89. The molecule has 0 aromatic carbocycles. The van der Waals surface area contributed by atoms with Gasteiger partial charge in [0.05, 0.1) is 18.0 Å². The van der Waals surface area contributed by atoms with Crippen LogP contribution in [0.25, 0.3) is 0 Å². The standard InChI is InChI=1S/C14H20N2O/c1-2-4-13(3-1)17-14-8-7-12(16-10-14)9-15-11-5-6-11/h7-8,10-11,13,15H,1-6,9H2. The number of ether oxygens (including phenoxy) is 1. The van der Waals surface area contributed by atoms with Crippen LogP contribution in [-0.4, -0.2) is 17.1 Å². The van der Waals surface area contributed by atoms with Gasteiger partial charge in [0.25, 0.3) is 0 Å². The molecule has 1 N–H and O–H groups in total. The van der Waals surface area contributed by atoms with Gasteiger partial charge >= 0.3 is 0 Å². The van der Waals surface area contributed by atoms with Crippen LogP contribution in [0.5, 0.6) is 5.75 Å². The highest BCUT2D eigenvalue weighted by atomic mass is 16.5. The summed E-state index contributed by atoms with van der Waals surface area (Å²) >= 11 is 0. The van der Waals surface area contributed by atoms with Gasteiger partial charge in [-0.3, -0.25) is 4.98 Å². The molecule has 3 heteroatoms. The highest BCUT2D eigenvalue weighted by Crippen LogP contribution is 2.23. The quantitative estimate of drug-likeness (QED) is 0.847. The highest BCUT2D eigenvalue weighted by molar-refractivity contribution is 5.20. The van der Waals surface area contributed by atoms with Gasteiger partial charge in [0.1, 0.15) is 5.75 Å². The van der Waals surface area contributed by atoms with Gasteiger partial charge in [-0.1, -0.05) is 0 Å². The van der Waals surface area contributed by atoms with Crippen LogP contribution in [0.1, 0.15) is 44.2 Å². The van der Waals surface area contributed by atoms with Crippen molar-refractivity contribution in [3.8, 4) is 5.75 Å². The fraction of sp³-hybridized carbons (Fsp3) is 0.643. The second kappa shape index (κ2) is 5.05. The Balaban J connectivity index is 1.51. The first-order valence-electron chi connectivity index (χ1n) is 6.75. The third kappa shape index (κ3) is 3.19. The molecule has 2 fully saturated rings. The molecule has 1 aromatic rings. The summed E-state index contributed by atoms with van der Waals surface area (Å²) < 4.78 is 5.89. The Labute approximate surface area is 103 Å². The molecule has 0 atom stereocenters. The predicted molar refractivity (Wildman–Crippen MR) is 67.0 cm³/mol. The van der Waals surface area contributed by atoms with Crippen molar-refractivity contribution in [2.45, 2.75) is 57.2 Å². The zero-order valence-corrected chi connectivity index (χ0v) is 10.2. The molecule has 92 valence electrons. The van der Waals surface area contributed by atoms with Crippen molar-refractivity contribution >= 4 is 0 Å². The minimum Gasteiger partial charge on any atom is -0.489 e. The molecule has 2 aliphatic rings. The molecule has 1 heterocycles. The van der Waals surface area contributed by atoms with Gasteiger partial charge < -0.3 is 10.1 Å². The average Bonchev–Trinajstić information content (AvgIpc) is 3.05. The Bertz CT molecular complexity index is 353. The number of pyridine rings is 1. The van der Waals surface area contributed by atoms with Crippen LogP contribution < -0.4 is 10.1 Å². The predicted octanol–water partition coefficient (Wildman–Crippen LogP) is 2.66. The van der Waals surface area contributed by atoms with Crippen LogP contribution in [0.15, 0.2) is 18.3 Å². The van der Waals surface area contributed by atoms with E-state index >= 15 is 0 Å². The number of hydrogen-bond donors (Lipinski definition) is 1. The van der Waals surface area contributed by atoms with Crippen LogP contribution in [0.2, 0.25) is 0 Å². The maximum absolute atomic E-state index is 5.89. The van der Waals surface area contributed by atoms with Gasteiger partial charge in [0.15, 0.2) is 0 Å². The first-order chi connectivity index (χ1) is 8.40. The number of aromatic nitrogens is 1. The van der Waals surface area contributed by atoms with Crippen LogP contribution in [-0.2, 0) is 6.54 Å². The van der Waals surface area contributed by atoms with Crippen LogP contribution in [0, 0.1) is 0 Å². The fourth-order valence-corrected chi connectivity index (χ4v) is 2.32. The minimum atomic E-state index is 0.423. The van der Waals surface area contributed by atoms with Crippen LogP contribution in [0.4, 0.5) is 0 Å². The van der Waals surface area contributed by atoms with Gasteiger partial charge in [0, 0.05) is 12.6 Å². The second-order valence-corrected chi connectivity index (χ2v) is 5.16. The van der Waals surface area contributed by atoms with E-state index < -0.39 is 0 Å². The normalized spacial score (nSPS) is 20.7. The van der Waals surface area contributed by atoms with E-state index in [4.69, 9.17) is 4.74 Å². The van der Waals surface area contributed by atoms with E-state index in [1.165, 1.54) is 38.5 Å². The molecule has 2 aliphatic carbocycles. The van der Waals surface area contributed by atoms with E-state index in [0.29, 0.717) is 6.10 Å². The summed E-state index contributed by atoms with van der Waals surface area (Å²) in [5, 5.41) is 3.46. The van der Waals surface area contributed by atoms with Crippen molar-refractivity contribution in [3.63, 3.8) is 0 Å². The number of nitrogens with one attached hydrogen (secondary N) is 1. The maximum Gasteiger partial charge on any atom is 0.138 e. The molecular formula is C14H20N2O. The van der Waals surface area contributed by atoms with Crippen molar-refractivity contribution < 1.29 is 4.74 Å². The lowest BCUT2D eigenvalue weighted by Gasteiger charge is -2.12. The van der Waals surface area contributed by atoms with Gasteiger partial charge in [0.2, 0.25) is 0 Å². The van der Waals surface area contributed by atoms with E-state index in [9.17, 15) is 0 Å². The largest absolute Gasteiger partial charge is 0.489 e. The van der Waals surface area contributed by atoms with E-state index in [-0.39, 0.29) is 0 Å². The summed E-state index contributed by atoms with van der Waals surface area (Å²) in [4.78, 5) is 4.43. The second-order valence-electron chi connectivity index (χ2n) is 5.16.